The van der Waals surface area contributed by atoms with Crippen LogP contribution in [0.25, 0.3) is 0 Å². The number of pyridine rings is 1. The number of thiophene rings is 1. The summed E-state index contributed by atoms with van der Waals surface area (Å²) in [5.74, 6) is -0.0907. The van der Waals surface area contributed by atoms with E-state index in [0.29, 0.717) is 17.1 Å². The van der Waals surface area contributed by atoms with E-state index in [1.807, 2.05) is 54.8 Å². The number of nitrogens with one attached hydrogen (secondary N) is 2. The van der Waals surface area contributed by atoms with Gasteiger partial charge in [-0.05, 0) is 35.6 Å². The van der Waals surface area contributed by atoms with Gasteiger partial charge in [0.05, 0.1) is 4.88 Å². The van der Waals surface area contributed by atoms with Crippen molar-refractivity contribution < 1.29 is 9.59 Å². The lowest BCUT2D eigenvalue weighted by Crippen LogP contribution is -2.45. The zero-order valence-corrected chi connectivity index (χ0v) is 15.1. The number of amides is 2. The first-order valence-electron chi connectivity index (χ1n) is 8.23. The van der Waals surface area contributed by atoms with Gasteiger partial charge in [0, 0.05) is 12.6 Å². The zero-order valence-electron chi connectivity index (χ0n) is 14.3. The van der Waals surface area contributed by atoms with Gasteiger partial charge in [0.2, 0.25) is 5.91 Å². The van der Waals surface area contributed by atoms with E-state index in [4.69, 9.17) is 0 Å². The van der Waals surface area contributed by atoms with Gasteiger partial charge in [0.1, 0.15) is 11.9 Å². The van der Waals surface area contributed by atoms with Crippen LogP contribution in [-0.4, -0.2) is 22.8 Å². The third kappa shape index (κ3) is 4.77. The first-order valence-corrected chi connectivity index (χ1v) is 9.11. The van der Waals surface area contributed by atoms with E-state index in [0.717, 1.165) is 11.1 Å². The Morgan fingerprint density at radius 1 is 1.08 bits per heavy atom. The van der Waals surface area contributed by atoms with Crippen molar-refractivity contribution in [3.05, 3.63) is 82.2 Å². The molecule has 6 heteroatoms. The van der Waals surface area contributed by atoms with Crippen molar-refractivity contribution in [2.24, 2.45) is 0 Å². The molecule has 0 bridgehead atoms. The monoisotopic (exact) mass is 365 g/mol. The summed E-state index contributed by atoms with van der Waals surface area (Å²) in [5.41, 5.74) is 1.98. The van der Waals surface area contributed by atoms with Crippen molar-refractivity contribution in [2.45, 2.75) is 19.4 Å². The molecule has 0 fully saturated rings. The van der Waals surface area contributed by atoms with E-state index < -0.39 is 6.04 Å². The first kappa shape index (κ1) is 17.8. The molecule has 1 aromatic carbocycles. The Bertz CT molecular complexity index is 862. The van der Waals surface area contributed by atoms with Crippen LogP contribution in [0.5, 0.6) is 0 Å². The molecule has 0 radical (unpaired) electrons. The summed E-state index contributed by atoms with van der Waals surface area (Å²) in [5, 5.41) is 7.44. The molecule has 2 aromatic heterocycles. The quantitative estimate of drug-likeness (QED) is 0.703. The van der Waals surface area contributed by atoms with Crippen molar-refractivity contribution in [3.63, 3.8) is 0 Å². The predicted octanol–water partition coefficient (Wildman–Crippen LogP) is 3.43. The molecule has 1 atom stereocenters. The van der Waals surface area contributed by atoms with Gasteiger partial charge in [-0.25, -0.2) is 4.98 Å². The van der Waals surface area contributed by atoms with Crippen LogP contribution in [0, 0.1) is 6.92 Å². The molecule has 2 N–H and O–H groups in total. The number of hydrogen-bond donors (Lipinski definition) is 2. The Kier molecular flexibility index (Phi) is 5.76. The van der Waals surface area contributed by atoms with E-state index in [1.54, 1.807) is 18.3 Å². The Morgan fingerprint density at radius 2 is 1.88 bits per heavy atom. The minimum atomic E-state index is -0.699. The highest BCUT2D eigenvalue weighted by Crippen LogP contribution is 2.11. The molecular formula is C20H19N3O2S. The van der Waals surface area contributed by atoms with Crippen LogP contribution in [0.1, 0.15) is 20.8 Å². The normalized spacial score (nSPS) is 11.6. The van der Waals surface area contributed by atoms with Crippen LogP contribution in [0.15, 0.2) is 66.2 Å². The van der Waals surface area contributed by atoms with Crippen molar-refractivity contribution in [1.82, 2.24) is 10.3 Å². The molecule has 0 saturated carbocycles. The highest BCUT2D eigenvalue weighted by molar-refractivity contribution is 7.12. The molecular weight excluding hydrogens is 346 g/mol. The van der Waals surface area contributed by atoms with Gasteiger partial charge in [0.15, 0.2) is 0 Å². The lowest BCUT2D eigenvalue weighted by Gasteiger charge is -2.18. The number of carbonyl (C=O) groups excluding carboxylic acids is 2. The van der Waals surface area contributed by atoms with E-state index in [2.05, 4.69) is 15.6 Å². The molecule has 0 aliphatic rings. The molecule has 5 nitrogen and oxygen atoms in total. The second kappa shape index (κ2) is 8.40. The Balaban J connectivity index is 1.75. The molecule has 2 heterocycles. The van der Waals surface area contributed by atoms with Gasteiger partial charge >= 0.3 is 0 Å². The predicted molar refractivity (Wildman–Crippen MR) is 103 cm³/mol. The van der Waals surface area contributed by atoms with E-state index >= 15 is 0 Å². The van der Waals surface area contributed by atoms with Crippen molar-refractivity contribution in [3.8, 4) is 0 Å². The molecule has 26 heavy (non-hydrogen) atoms. The molecule has 0 unspecified atom stereocenters. The second-order valence-corrected chi connectivity index (χ2v) is 6.85. The number of carbonyl (C=O) groups is 2. The number of nitrogens with zero attached hydrogens (tertiary/aromatic N) is 1. The van der Waals surface area contributed by atoms with Gasteiger partial charge < -0.3 is 10.6 Å². The summed E-state index contributed by atoms with van der Waals surface area (Å²) in [6.45, 7) is 1.93. The average Bonchev–Trinajstić information content (AvgIpc) is 3.19. The lowest BCUT2D eigenvalue weighted by molar-refractivity contribution is -0.118. The summed E-state index contributed by atoms with van der Waals surface area (Å²) in [6, 6.07) is 16.1. The molecule has 2 amide bonds. The van der Waals surface area contributed by atoms with Crippen molar-refractivity contribution in [2.75, 3.05) is 5.32 Å². The minimum Gasteiger partial charge on any atom is -0.339 e. The number of benzene rings is 1. The van der Waals surface area contributed by atoms with E-state index in [9.17, 15) is 9.59 Å². The number of anilines is 1. The van der Waals surface area contributed by atoms with Gasteiger partial charge in [-0.3, -0.25) is 9.59 Å². The summed E-state index contributed by atoms with van der Waals surface area (Å²) < 4.78 is 0. The zero-order chi connectivity index (χ0) is 18.4. The summed E-state index contributed by atoms with van der Waals surface area (Å²) >= 11 is 1.34. The fourth-order valence-corrected chi connectivity index (χ4v) is 3.08. The van der Waals surface area contributed by atoms with E-state index in [-0.39, 0.29) is 11.8 Å². The maximum atomic E-state index is 12.7. The van der Waals surface area contributed by atoms with Crippen LogP contribution in [0.4, 0.5) is 5.82 Å². The summed E-state index contributed by atoms with van der Waals surface area (Å²) in [6.07, 6.45) is 2.09. The Morgan fingerprint density at radius 3 is 2.54 bits per heavy atom. The van der Waals surface area contributed by atoms with Gasteiger partial charge in [-0.2, -0.15) is 0 Å². The van der Waals surface area contributed by atoms with Gasteiger partial charge in [0.25, 0.3) is 5.91 Å². The molecule has 0 aliphatic carbocycles. The SMILES string of the molecule is Cc1ccc(NC(=O)[C@H](Cc2ccccc2)NC(=O)c2cccs2)nc1. The lowest BCUT2D eigenvalue weighted by atomic mass is 10.1. The Hall–Kier alpha value is -2.99. The van der Waals surface area contributed by atoms with Crippen molar-refractivity contribution >= 4 is 29.0 Å². The van der Waals surface area contributed by atoms with Gasteiger partial charge in [-0.15, -0.1) is 11.3 Å². The topological polar surface area (TPSA) is 71.1 Å². The second-order valence-electron chi connectivity index (χ2n) is 5.90. The number of aromatic nitrogens is 1. The highest BCUT2D eigenvalue weighted by atomic mass is 32.1. The molecule has 0 aliphatic heterocycles. The summed E-state index contributed by atoms with van der Waals surface area (Å²) in [4.78, 5) is 29.9. The first-order chi connectivity index (χ1) is 12.6. The summed E-state index contributed by atoms with van der Waals surface area (Å²) in [7, 11) is 0. The van der Waals surface area contributed by atoms with Crippen LogP contribution >= 0.6 is 11.3 Å². The van der Waals surface area contributed by atoms with Crippen LogP contribution in [0.2, 0.25) is 0 Å². The number of rotatable bonds is 6. The van der Waals surface area contributed by atoms with Gasteiger partial charge in [-0.1, -0.05) is 42.5 Å². The Labute approximate surface area is 156 Å². The maximum absolute atomic E-state index is 12.7. The third-order valence-corrected chi connectivity index (χ3v) is 4.68. The van der Waals surface area contributed by atoms with Crippen molar-refractivity contribution in [1.29, 1.82) is 0 Å². The fourth-order valence-electron chi connectivity index (χ4n) is 2.45. The average molecular weight is 365 g/mol. The van der Waals surface area contributed by atoms with Crippen LogP contribution < -0.4 is 10.6 Å². The maximum Gasteiger partial charge on any atom is 0.262 e. The largest absolute Gasteiger partial charge is 0.339 e. The highest BCUT2D eigenvalue weighted by Gasteiger charge is 2.22. The molecule has 132 valence electrons. The third-order valence-electron chi connectivity index (χ3n) is 3.81. The van der Waals surface area contributed by atoms with Crippen LogP contribution in [-0.2, 0) is 11.2 Å². The molecule has 0 spiro atoms. The minimum absolute atomic E-state index is 0.257. The standard InChI is InChI=1S/C20H19N3O2S/c1-14-9-10-18(21-13-14)23-19(24)16(12-15-6-3-2-4-7-15)22-20(25)17-8-5-11-26-17/h2-11,13,16H,12H2,1H3,(H,22,25)(H,21,23,24)/t16-/m0/s1. The number of aryl methyl sites for hydroxylation is 1. The van der Waals surface area contributed by atoms with E-state index in [1.165, 1.54) is 11.3 Å². The molecule has 3 aromatic rings. The molecule has 0 saturated heterocycles. The fraction of sp³-hybridized carbons (Fsp3) is 0.150. The smallest absolute Gasteiger partial charge is 0.262 e. The number of hydrogen-bond acceptors (Lipinski definition) is 4. The molecule has 3 rings (SSSR count). The van der Waals surface area contributed by atoms with Crippen LogP contribution in [0.3, 0.4) is 0 Å².